The Morgan fingerprint density at radius 2 is 1.73 bits per heavy atom. The number of anilines is 1. The molecule has 37 heavy (non-hydrogen) atoms. The molecular formula is C29H26ClN3O4. The minimum atomic E-state index is -0.907. The van der Waals surface area contributed by atoms with Gasteiger partial charge in [0.15, 0.2) is 11.5 Å². The highest BCUT2D eigenvalue weighted by molar-refractivity contribution is 6.40. The zero-order valence-corrected chi connectivity index (χ0v) is 21.2. The van der Waals surface area contributed by atoms with Crippen molar-refractivity contribution in [2.75, 3.05) is 11.9 Å². The first-order valence-corrected chi connectivity index (χ1v) is 12.1. The van der Waals surface area contributed by atoms with Crippen LogP contribution in [0, 0.1) is 6.92 Å². The number of rotatable bonds is 8. The average Bonchev–Trinajstić information content (AvgIpc) is 2.90. The maximum Gasteiger partial charge on any atom is 0.329 e. The van der Waals surface area contributed by atoms with Crippen molar-refractivity contribution >= 4 is 46.1 Å². The molecule has 0 bridgehead atoms. The van der Waals surface area contributed by atoms with Crippen LogP contribution in [0.5, 0.6) is 11.5 Å². The molecule has 0 aliphatic heterocycles. The predicted molar refractivity (Wildman–Crippen MR) is 146 cm³/mol. The first-order valence-electron chi connectivity index (χ1n) is 11.7. The van der Waals surface area contributed by atoms with Crippen LogP contribution in [0.15, 0.2) is 84.0 Å². The Balaban J connectivity index is 1.40. The molecule has 7 nitrogen and oxygen atoms in total. The maximum atomic E-state index is 12.2. The topological polar surface area (TPSA) is 89.0 Å². The molecule has 4 aromatic carbocycles. The van der Waals surface area contributed by atoms with Crippen LogP contribution in [-0.2, 0) is 16.2 Å². The fraction of sp³-hybridized carbons (Fsp3) is 0.138. The van der Waals surface area contributed by atoms with E-state index in [-0.39, 0.29) is 0 Å². The van der Waals surface area contributed by atoms with E-state index in [0.717, 1.165) is 21.9 Å². The number of halogens is 1. The SMILES string of the molecule is CCOc1cc(C=NNC(=O)C(=O)Nc2cc(Cl)ccc2C)ccc1OCc1cccc2ccccc12. The quantitative estimate of drug-likeness (QED) is 0.174. The van der Waals surface area contributed by atoms with Crippen LogP contribution in [0.3, 0.4) is 0 Å². The summed E-state index contributed by atoms with van der Waals surface area (Å²) in [4.78, 5) is 24.4. The van der Waals surface area contributed by atoms with Crippen LogP contribution in [0.25, 0.3) is 10.8 Å². The van der Waals surface area contributed by atoms with E-state index in [9.17, 15) is 9.59 Å². The van der Waals surface area contributed by atoms with Gasteiger partial charge in [0.2, 0.25) is 0 Å². The highest BCUT2D eigenvalue weighted by Gasteiger charge is 2.14. The number of nitrogens with one attached hydrogen (secondary N) is 2. The van der Waals surface area contributed by atoms with E-state index in [1.165, 1.54) is 6.21 Å². The number of nitrogens with zero attached hydrogens (tertiary/aromatic N) is 1. The lowest BCUT2D eigenvalue weighted by Crippen LogP contribution is -2.32. The molecule has 0 heterocycles. The number of ether oxygens (including phenoxy) is 2. The van der Waals surface area contributed by atoms with Crippen LogP contribution in [0.1, 0.15) is 23.6 Å². The maximum absolute atomic E-state index is 12.2. The van der Waals surface area contributed by atoms with Crippen LogP contribution in [0.2, 0.25) is 5.02 Å². The summed E-state index contributed by atoms with van der Waals surface area (Å²) in [6.07, 6.45) is 1.42. The van der Waals surface area contributed by atoms with Gasteiger partial charge >= 0.3 is 11.8 Å². The van der Waals surface area contributed by atoms with E-state index >= 15 is 0 Å². The fourth-order valence-corrected chi connectivity index (χ4v) is 3.86. The number of hydrogen-bond donors (Lipinski definition) is 2. The van der Waals surface area contributed by atoms with Gasteiger partial charge in [-0.2, -0.15) is 5.10 Å². The molecule has 0 fully saturated rings. The molecule has 0 spiro atoms. The second-order valence-corrected chi connectivity index (χ2v) is 8.62. The van der Waals surface area contributed by atoms with E-state index in [4.69, 9.17) is 21.1 Å². The Bertz CT molecular complexity index is 1460. The van der Waals surface area contributed by atoms with Gasteiger partial charge in [-0.25, -0.2) is 5.43 Å². The lowest BCUT2D eigenvalue weighted by atomic mass is 10.1. The molecule has 0 aromatic heterocycles. The number of amides is 2. The molecule has 2 N–H and O–H groups in total. The minimum absolute atomic E-state index is 0.381. The molecule has 0 aliphatic carbocycles. The van der Waals surface area contributed by atoms with Crippen LogP contribution >= 0.6 is 11.6 Å². The highest BCUT2D eigenvalue weighted by atomic mass is 35.5. The van der Waals surface area contributed by atoms with Crippen molar-refractivity contribution in [1.82, 2.24) is 5.43 Å². The van der Waals surface area contributed by atoms with Gasteiger partial charge in [0.1, 0.15) is 6.61 Å². The van der Waals surface area contributed by atoms with Crippen molar-refractivity contribution in [3.8, 4) is 11.5 Å². The largest absolute Gasteiger partial charge is 0.490 e. The van der Waals surface area contributed by atoms with E-state index < -0.39 is 11.8 Å². The third kappa shape index (κ3) is 6.65. The van der Waals surface area contributed by atoms with Gasteiger partial charge < -0.3 is 14.8 Å². The predicted octanol–water partition coefficient (Wildman–Crippen LogP) is 5.87. The van der Waals surface area contributed by atoms with E-state index in [0.29, 0.717) is 41.0 Å². The molecule has 0 radical (unpaired) electrons. The number of hydrogen-bond acceptors (Lipinski definition) is 5. The van der Waals surface area contributed by atoms with E-state index in [1.54, 1.807) is 43.3 Å². The molecule has 8 heteroatoms. The monoisotopic (exact) mass is 515 g/mol. The number of hydrazone groups is 1. The third-order valence-electron chi connectivity index (χ3n) is 5.56. The zero-order chi connectivity index (χ0) is 26.2. The van der Waals surface area contributed by atoms with Crippen LogP contribution in [0.4, 0.5) is 5.69 Å². The molecule has 2 amide bonds. The minimum Gasteiger partial charge on any atom is -0.490 e. The van der Waals surface area contributed by atoms with E-state index in [1.807, 2.05) is 31.2 Å². The van der Waals surface area contributed by atoms with Crippen LogP contribution in [-0.4, -0.2) is 24.6 Å². The van der Waals surface area contributed by atoms with Gasteiger partial charge in [-0.05, 0) is 71.6 Å². The van der Waals surface area contributed by atoms with Crippen LogP contribution < -0.4 is 20.2 Å². The zero-order valence-electron chi connectivity index (χ0n) is 20.5. The summed E-state index contributed by atoms with van der Waals surface area (Å²) in [5.74, 6) is -0.621. The summed E-state index contributed by atoms with van der Waals surface area (Å²) < 4.78 is 11.8. The van der Waals surface area contributed by atoms with Crippen molar-refractivity contribution in [2.45, 2.75) is 20.5 Å². The summed E-state index contributed by atoms with van der Waals surface area (Å²) in [5.41, 5.74) is 5.19. The lowest BCUT2D eigenvalue weighted by Gasteiger charge is -2.13. The number of fused-ring (bicyclic) bond motifs is 1. The van der Waals surface area contributed by atoms with E-state index in [2.05, 4.69) is 34.0 Å². The summed E-state index contributed by atoms with van der Waals surface area (Å²) >= 11 is 5.96. The summed E-state index contributed by atoms with van der Waals surface area (Å²) in [5, 5.41) is 9.16. The molecule has 0 atom stereocenters. The Hall–Kier alpha value is -4.36. The first kappa shape index (κ1) is 25.7. The smallest absolute Gasteiger partial charge is 0.329 e. The Kier molecular flexibility index (Phi) is 8.38. The van der Waals surface area contributed by atoms with Gasteiger partial charge in [0, 0.05) is 10.7 Å². The first-order chi connectivity index (χ1) is 17.9. The normalized spacial score (nSPS) is 10.9. The molecule has 0 unspecified atom stereocenters. The number of benzene rings is 4. The van der Waals surface area contributed by atoms with Gasteiger partial charge in [-0.3, -0.25) is 9.59 Å². The standard InChI is InChI=1S/C29H26ClN3O4/c1-3-36-27-15-20(17-31-33-29(35)28(34)32-25-16-23(30)13-11-19(25)2)12-14-26(27)37-18-22-9-6-8-21-7-4-5-10-24(21)22/h4-17H,3,18H2,1-2H3,(H,32,34)(H,33,35). The van der Waals surface area contributed by atoms with Crippen molar-refractivity contribution < 1.29 is 19.1 Å². The van der Waals surface area contributed by atoms with Crippen molar-refractivity contribution in [3.63, 3.8) is 0 Å². The van der Waals surface area contributed by atoms with Crippen molar-refractivity contribution in [2.24, 2.45) is 5.10 Å². The molecule has 0 saturated heterocycles. The second kappa shape index (κ2) is 12.1. The van der Waals surface area contributed by atoms with Crippen molar-refractivity contribution in [1.29, 1.82) is 0 Å². The van der Waals surface area contributed by atoms with Gasteiger partial charge in [0.05, 0.1) is 12.8 Å². The molecule has 4 rings (SSSR count). The Morgan fingerprint density at radius 3 is 2.57 bits per heavy atom. The number of carbonyl (C=O) groups is 2. The lowest BCUT2D eigenvalue weighted by molar-refractivity contribution is -0.136. The van der Waals surface area contributed by atoms with Gasteiger partial charge in [-0.1, -0.05) is 60.1 Å². The second-order valence-electron chi connectivity index (χ2n) is 8.18. The Labute approximate surface area is 220 Å². The molecule has 188 valence electrons. The third-order valence-corrected chi connectivity index (χ3v) is 5.80. The molecule has 4 aromatic rings. The average molecular weight is 516 g/mol. The molecule has 0 saturated carbocycles. The molecular weight excluding hydrogens is 490 g/mol. The highest BCUT2D eigenvalue weighted by Crippen LogP contribution is 2.30. The van der Waals surface area contributed by atoms with Gasteiger partial charge in [-0.15, -0.1) is 0 Å². The van der Waals surface area contributed by atoms with Gasteiger partial charge in [0.25, 0.3) is 0 Å². The number of carbonyl (C=O) groups excluding carboxylic acids is 2. The Morgan fingerprint density at radius 1 is 0.919 bits per heavy atom. The summed E-state index contributed by atoms with van der Waals surface area (Å²) in [6, 6.07) is 24.6. The molecule has 0 aliphatic rings. The summed E-state index contributed by atoms with van der Waals surface area (Å²) in [7, 11) is 0. The van der Waals surface area contributed by atoms with Crippen molar-refractivity contribution in [3.05, 3.63) is 101 Å². The fourth-order valence-electron chi connectivity index (χ4n) is 3.69. The summed E-state index contributed by atoms with van der Waals surface area (Å²) in [6.45, 7) is 4.51. The number of aryl methyl sites for hydroxylation is 1.